The number of aromatic nitrogens is 2. The summed E-state index contributed by atoms with van der Waals surface area (Å²) in [7, 11) is 1.89. The molecule has 0 bridgehead atoms. The topological polar surface area (TPSA) is 41.1 Å². The van der Waals surface area contributed by atoms with Crippen molar-refractivity contribution in [3.8, 4) is 0 Å². The Morgan fingerprint density at radius 3 is 2.88 bits per heavy atom. The van der Waals surface area contributed by atoms with Crippen molar-refractivity contribution in [2.24, 2.45) is 5.92 Å². The van der Waals surface area contributed by atoms with Gasteiger partial charge in [0.1, 0.15) is 0 Å². The number of rotatable bonds is 5. The third-order valence-corrected chi connectivity index (χ3v) is 3.18. The van der Waals surface area contributed by atoms with Gasteiger partial charge < -0.3 is 10.2 Å². The van der Waals surface area contributed by atoms with Crippen LogP contribution in [0.1, 0.15) is 26.2 Å². The second kappa shape index (κ2) is 5.29. The zero-order chi connectivity index (χ0) is 12.3. The molecular weight excluding hydrogens is 219 g/mol. The number of anilines is 2. The van der Waals surface area contributed by atoms with Gasteiger partial charge in [-0.25, -0.2) is 9.37 Å². The molecule has 1 heterocycles. The summed E-state index contributed by atoms with van der Waals surface area (Å²) in [5.74, 6) is 1.22. The van der Waals surface area contributed by atoms with E-state index in [9.17, 15) is 4.39 Å². The van der Waals surface area contributed by atoms with E-state index in [1.54, 1.807) is 0 Å². The Bertz CT molecular complexity index is 379. The predicted octanol–water partition coefficient (Wildman–Crippen LogP) is 2.28. The number of halogens is 1. The first-order chi connectivity index (χ1) is 8.20. The van der Waals surface area contributed by atoms with Gasteiger partial charge in [-0.15, -0.1) is 0 Å². The van der Waals surface area contributed by atoms with Crippen molar-refractivity contribution in [2.75, 3.05) is 30.4 Å². The molecule has 1 aliphatic rings. The Kier molecular flexibility index (Phi) is 3.76. The Hall–Kier alpha value is -1.39. The minimum absolute atomic E-state index is 0.353. The number of hydrogen-bond donors (Lipinski definition) is 1. The smallest absolute Gasteiger partial charge is 0.224 e. The van der Waals surface area contributed by atoms with Gasteiger partial charge in [0.25, 0.3) is 0 Å². The van der Waals surface area contributed by atoms with Gasteiger partial charge >= 0.3 is 0 Å². The molecule has 94 valence electrons. The van der Waals surface area contributed by atoms with E-state index in [4.69, 9.17) is 0 Å². The number of hydrogen-bond acceptors (Lipinski definition) is 4. The van der Waals surface area contributed by atoms with Crippen LogP contribution in [0.3, 0.4) is 0 Å². The highest BCUT2D eigenvalue weighted by Crippen LogP contribution is 2.28. The molecule has 1 aromatic rings. The molecule has 1 aromatic heterocycles. The molecule has 4 nitrogen and oxygen atoms in total. The normalized spacial score (nSPS) is 15.5. The molecule has 2 rings (SSSR count). The molecule has 0 aromatic carbocycles. The molecule has 0 aliphatic heterocycles. The van der Waals surface area contributed by atoms with Crippen LogP contribution in [-0.2, 0) is 0 Å². The van der Waals surface area contributed by atoms with Gasteiger partial charge in [-0.2, -0.15) is 4.98 Å². The summed E-state index contributed by atoms with van der Waals surface area (Å²) in [6.45, 7) is 3.57. The standard InChI is InChI=1S/C12H19FN4/c1-3-14-12-15-7-10(13)11(16-12)17(2)8-9-5-4-6-9/h7,9H,3-6,8H2,1-2H3,(H,14,15,16). The minimum Gasteiger partial charge on any atom is -0.357 e. The Balaban J connectivity index is 2.08. The molecule has 1 saturated carbocycles. The third-order valence-electron chi connectivity index (χ3n) is 3.18. The highest BCUT2D eigenvalue weighted by molar-refractivity contribution is 5.43. The minimum atomic E-state index is -0.353. The van der Waals surface area contributed by atoms with Gasteiger partial charge in [0, 0.05) is 20.1 Å². The largest absolute Gasteiger partial charge is 0.357 e. The van der Waals surface area contributed by atoms with E-state index in [0.29, 0.717) is 17.7 Å². The molecule has 0 unspecified atom stereocenters. The fraction of sp³-hybridized carbons (Fsp3) is 0.667. The van der Waals surface area contributed by atoms with E-state index in [0.717, 1.165) is 13.1 Å². The molecule has 17 heavy (non-hydrogen) atoms. The average molecular weight is 238 g/mol. The summed E-state index contributed by atoms with van der Waals surface area (Å²) in [5, 5.41) is 3.00. The van der Waals surface area contributed by atoms with Crippen LogP contribution in [0.5, 0.6) is 0 Å². The van der Waals surface area contributed by atoms with Gasteiger partial charge in [0.15, 0.2) is 11.6 Å². The molecule has 1 aliphatic carbocycles. The van der Waals surface area contributed by atoms with E-state index in [2.05, 4.69) is 15.3 Å². The van der Waals surface area contributed by atoms with E-state index in [1.807, 2.05) is 18.9 Å². The number of nitrogens with one attached hydrogen (secondary N) is 1. The van der Waals surface area contributed by atoms with E-state index in [1.165, 1.54) is 25.5 Å². The molecule has 5 heteroatoms. The van der Waals surface area contributed by atoms with E-state index >= 15 is 0 Å². The summed E-state index contributed by atoms with van der Waals surface area (Å²) in [6.07, 6.45) is 5.03. The first-order valence-electron chi connectivity index (χ1n) is 6.18. The van der Waals surface area contributed by atoms with Crippen LogP contribution < -0.4 is 10.2 Å². The van der Waals surface area contributed by atoms with Gasteiger partial charge in [-0.1, -0.05) is 6.42 Å². The van der Waals surface area contributed by atoms with Crippen LogP contribution in [0.2, 0.25) is 0 Å². The Morgan fingerprint density at radius 2 is 2.29 bits per heavy atom. The lowest BCUT2D eigenvalue weighted by atomic mass is 9.85. The highest BCUT2D eigenvalue weighted by atomic mass is 19.1. The van der Waals surface area contributed by atoms with Crippen molar-refractivity contribution >= 4 is 11.8 Å². The second-order valence-electron chi connectivity index (χ2n) is 4.57. The maximum absolute atomic E-state index is 13.6. The monoisotopic (exact) mass is 238 g/mol. The van der Waals surface area contributed by atoms with Crippen LogP contribution in [-0.4, -0.2) is 30.1 Å². The third kappa shape index (κ3) is 2.84. The van der Waals surface area contributed by atoms with Crippen molar-refractivity contribution in [3.63, 3.8) is 0 Å². The molecule has 0 amide bonds. The quantitative estimate of drug-likeness (QED) is 0.854. The first kappa shape index (κ1) is 12.1. The summed E-state index contributed by atoms with van der Waals surface area (Å²) in [6, 6.07) is 0. The van der Waals surface area contributed by atoms with Crippen molar-refractivity contribution < 1.29 is 4.39 Å². The summed E-state index contributed by atoms with van der Waals surface area (Å²) in [5.41, 5.74) is 0. The lowest BCUT2D eigenvalue weighted by molar-refractivity contribution is 0.320. The second-order valence-corrected chi connectivity index (χ2v) is 4.57. The summed E-state index contributed by atoms with van der Waals surface area (Å²) < 4.78 is 13.6. The van der Waals surface area contributed by atoms with E-state index in [-0.39, 0.29) is 5.82 Å². The molecule has 1 N–H and O–H groups in total. The molecule has 0 radical (unpaired) electrons. The van der Waals surface area contributed by atoms with Crippen molar-refractivity contribution in [1.29, 1.82) is 0 Å². The van der Waals surface area contributed by atoms with Crippen LogP contribution in [0.25, 0.3) is 0 Å². The zero-order valence-corrected chi connectivity index (χ0v) is 10.4. The fourth-order valence-electron chi connectivity index (χ4n) is 2.02. The molecule has 0 saturated heterocycles. The van der Waals surface area contributed by atoms with Crippen molar-refractivity contribution in [3.05, 3.63) is 12.0 Å². The first-order valence-corrected chi connectivity index (χ1v) is 6.18. The van der Waals surface area contributed by atoms with Crippen LogP contribution in [0.4, 0.5) is 16.2 Å². The lowest BCUT2D eigenvalue weighted by Gasteiger charge is -2.30. The SMILES string of the molecule is CCNc1ncc(F)c(N(C)CC2CCC2)n1. The van der Waals surface area contributed by atoms with Crippen LogP contribution in [0.15, 0.2) is 6.20 Å². The maximum atomic E-state index is 13.6. The van der Waals surface area contributed by atoms with Gasteiger partial charge in [-0.3, -0.25) is 0 Å². The summed E-state index contributed by atoms with van der Waals surface area (Å²) in [4.78, 5) is 9.99. The molecular formula is C12H19FN4. The van der Waals surface area contributed by atoms with Crippen LogP contribution in [0, 0.1) is 11.7 Å². The fourth-order valence-corrected chi connectivity index (χ4v) is 2.02. The predicted molar refractivity (Wildman–Crippen MR) is 66.8 cm³/mol. The van der Waals surface area contributed by atoms with Gasteiger partial charge in [-0.05, 0) is 25.7 Å². The van der Waals surface area contributed by atoms with Gasteiger partial charge in [0.2, 0.25) is 5.95 Å². The summed E-state index contributed by atoms with van der Waals surface area (Å²) >= 11 is 0. The van der Waals surface area contributed by atoms with Crippen LogP contribution >= 0.6 is 0 Å². The Labute approximate surface area is 101 Å². The number of nitrogens with zero attached hydrogens (tertiary/aromatic N) is 3. The molecule has 0 spiro atoms. The average Bonchev–Trinajstić information content (AvgIpc) is 2.26. The highest BCUT2D eigenvalue weighted by Gasteiger charge is 2.21. The lowest BCUT2D eigenvalue weighted by Crippen LogP contribution is -2.30. The van der Waals surface area contributed by atoms with Crippen molar-refractivity contribution in [2.45, 2.75) is 26.2 Å². The molecule has 0 atom stereocenters. The Morgan fingerprint density at radius 1 is 1.53 bits per heavy atom. The molecule has 1 fully saturated rings. The zero-order valence-electron chi connectivity index (χ0n) is 10.4. The van der Waals surface area contributed by atoms with E-state index < -0.39 is 0 Å². The maximum Gasteiger partial charge on any atom is 0.224 e. The van der Waals surface area contributed by atoms with Crippen molar-refractivity contribution in [1.82, 2.24) is 9.97 Å². The van der Waals surface area contributed by atoms with Gasteiger partial charge in [0.05, 0.1) is 6.20 Å².